The lowest BCUT2D eigenvalue weighted by Crippen LogP contribution is -2.44. The third kappa shape index (κ3) is 5.08. The van der Waals surface area contributed by atoms with Gasteiger partial charge in [-0.25, -0.2) is 0 Å². The van der Waals surface area contributed by atoms with E-state index in [4.69, 9.17) is 4.74 Å². The van der Waals surface area contributed by atoms with E-state index in [1.165, 1.54) is 39.0 Å². The Morgan fingerprint density at radius 1 is 1.12 bits per heavy atom. The maximum Gasteiger partial charge on any atom is 0.263 e. The summed E-state index contributed by atoms with van der Waals surface area (Å²) in [6, 6.07) is 7.32. The molecule has 0 N–H and O–H groups in total. The molecule has 1 aromatic rings. The van der Waals surface area contributed by atoms with Crippen LogP contribution in [0.15, 0.2) is 24.3 Å². The van der Waals surface area contributed by atoms with Gasteiger partial charge in [0.2, 0.25) is 0 Å². The molecule has 0 heterocycles. The molecule has 1 aliphatic carbocycles. The number of amides is 1. The molecule has 1 aliphatic rings. The topological polar surface area (TPSA) is 46.6 Å². The summed E-state index contributed by atoms with van der Waals surface area (Å²) < 4.78 is 5.79. The Kier molecular flexibility index (Phi) is 6.83. The Balaban J connectivity index is 1.97. The van der Waals surface area contributed by atoms with Crippen molar-refractivity contribution >= 4 is 11.7 Å². The molecule has 132 valence electrons. The molecule has 1 aromatic carbocycles. The van der Waals surface area contributed by atoms with Crippen molar-refractivity contribution in [2.75, 3.05) is 7.05 Å². The Bertz CT molecular complexity index is 562. The van der Waals surface area contributed by atoms with Crippen LogP contribution < -0.4 is 4.74 Å². The normalized spacial score (nSPS) is 17.5. The molecule has 0 saturated heterocycles. The highest BCUT2D eigenvalue weighted by Crippen LogP contribution is 2.22. The van der Waals surface area contributed by atoms with Crippen LogP contribution >= 0.6 is 0 Å². The predicted octanol–water partition coefficient (Wildman–Crippen LogP) is 4.23. The monoisotopic (exact) mass is 331 g/mol. The first-order valence-electron chi connectivity index (χ1n) is 9.03. The fraction of sp³-hybridized carbons (Fsp3) is 0.600. The van der Waals surface area contributed by atoms with Gasteiger partial charge in [0.25, 0.3) is 5.91 Å². The molecule has 1 atom stereocenters. The number of likely N-dealkylation sites (N-methyl/N-ethyl adjacent to an activating group) is 1. The van der Waals surface area contributed by atoms with E-state index in [1.54, 1.807) is 31.2 Å². The van der Waals surface area contributed by atoms with Gasteiger partial charge in [0.05, 0.1) is 0 Å². The summed E-state index contributed by atoms with van der Waals surface area (Å²) in [7, 11) is 1.89. The fourth-order valence-electron chi connectivity index (χ4n) is 3.33. The van der Waals surface area contributed by atoms with E-state index in [0.717, 1.165) is 12.8 Å². The third-order valence-corrected chi connectivity index (χ3v) is 4.87. The van der Waals surface area contributed by atoms with Crippen molar-refractivity contribution in [3.8, 4) is 5.75 Å². The van der Waals surface area contributed by atoms with Gasteiger partial charge in [-0.1, -0.05) is 44.2 Å². The number of carbonyl (C=O) groups is 2. The molecule has 0 spiro atoms. The molecule has 4 nitrogen and oxygen atoms in total. The van der Waals surface area contributed by atoms with E-state index in [1.807, 2.05) is 11.9 Å². The lowest BCUT2D eigenvalue weighted by Gasteiger charge is -2.31. The minimum atomic E-state index is -0.553. The molecule has 24 heavy (non-hydrogen) atoms. The summed E-state index contributed by atoms with van der Waals surface area (Å²) in [6.45, 7) is 3.30. The summed E-state index contributed by atoms with van der Waals surface area (Å²) in [4.78, 5) is 26.0. The van der Waals surface area contributed by atoms with Crippen LogP contribution in [0.4, 0.5) is 0 Å². The van der Waals surface area contributed by atoms with E-state index in [2.05, 4.69) is 0 Å². The number of hydrogen-bond acceptors (Lipinski definition) is 3. The Morgan fingerprint density at radius 3 is 2.38 bits per heavy atom. The number of carbonyl (C=O) groups excluding carboxylic acids is 2. The van der Waals surface area contributed by atoms with Crippen LogP contribution in [-0.2, 0) is 4.79 Å². The van der Waals surface area contributed by atoms with E-state index in [-0.39, 0.29) is 11.7 Å². The molecule has 0 bridgehead atoms. The van der Waals surface area contributed by atoms with Crippen molar-refractivity contribution in [3.63, 3.8) is 0 Å². The van der Waals surface area contributed by atoms with Gasteiger partial charge in [-0.2, -0.15) is 0 Å². The van der Waals surface area contributed by atoms with Gasteiger partial charge in [-0.3, -0.25) is 9.59 Å². The molecule has 1 unspecified atom stereocenters. The highest BCUT2D eigenvalue weighted by molar-refractivity contribution is 5.94. The highest BCUT2D eigenvalue weighted by atomic mass is 16.5. The van der Waals surface area contributed by atoms with E-state index in [9.17, 15) is 9.59 Å². The fourth-order valence-corrected chi connectivity index (χ4v) is 3.33. The predicted molar refractivity (Wildman–Crippen MR) is 95.4 cm³/mol. The minimum Gasteiger partial charge on any atom is -0.481 e. The zero-order valence-corrected chi connectivity index (χ0v) is 15.1. The van der Waals surface area contributed by atoms with Crippen LogP contribution in [0, 0.1) is 0 Å². The van der Waals surface area contributed by atoms with Crippen molar-refractivity contribution in [1.29, 1.82) is 0 Å². The van der Waals surface area contributed by atoms with Gasteiger partial charge in [0, 0.05) is 18.7 Å². The SMILES string of the molecule is CC(=O)c1cccc(OC(C)C(=O)N(C)C2CCCCCCC2)c1. The van der Waals surface area contributed by atoms with Crippen LogP contribution in [0.3, 0.4) is 0 Å². The average Bonchev–Trinajstić information content (AvgIpc) is 2.53. The Labute approximate surface area is 145 Å². The number of ether oxygens (including phenoxy) is 1. The van der Waals surface area contributed by atoms with Gasteiger partial charge in [-0.15, -0.1) is 0 Å². The molecule has 1 fully saturated rings. The van der Waals surface area contributed by atoms with Crippen molar-refractivity contribution < 1.29 is 14.3 Å². The second kappa shape index (κ2) is 8.86. The maximum absolute atomic E-state index is 12.7. The molecule has 1 saturated carbocycles. The molecule has 2 rings (SSSR count). The lowest BCUT2D eigenvalue weighted by atomic mass is 9.95. The average molecular weight is 331 g/mol. The highest BCUT2D eigenvalue weighted by Gasteiger charge is 2.25. The summed E-state index contributed by atoms with van der Waals surface area (Å²) in [5.41, 5.74) is 0.598. The lowest BCUT2D eigenvalue weighted by molar-refractivity contribution is -0.139. The summed E-state index contributed by atoms with van der Waals surface area (Å²) in [5.74, 6) is 0.564. The summed E-state index contributed by atoms with van der Waals surface area (Å²) in [5, 5.41) is 0. The quantitative estimate of drug-likeness (QED) is 0.759. The van der Waals surface area contributed by atoms with Gasteiger partial charge in [0.1, 0.15) is 5.75 Å². The molecule has 0 aromatic heterocycles. The number of nitrogens with zero attached hydrogens (tertiary/aromatic N) is 1. The first-order valence-corrected chi connectivity index (χ1v) is 9.03. The molecular formula is C20H29NO3. The first-order chi connectivity index (χ1) is 11.5. The van der Waals surface area contributed by atoms with Gasteiger partial charge in [-0.05, 0) is 38.8 Å². The van der Waals surface area contributed by atoms with E-state index >= 15 is 0 Å². The van der Waals surface area contributed by atoms with Gasteiger partial charge >= 0.3 is 0 Å². The smallest absolute Gasteiger partial charge is 0.263 e. The second-order valence-electron chi connectivity index (χ2n) is 6.79. The van der Waals surface area contributed by atoms with Crippen LogP contribution in [-0.4, -0.2) is 35.8 Å². The Hall–Kier alpha value is -1.84. The number of benzene rings is 1. The zero-order chi connectivity index (χ0) is 17.5. The molecular weight excluding hydrogens is 302 g/mol. The number of hydrogen-bond donors (Lipinski definition) is 0. The van der Waals surface area contributed by atoms with Crippen molar-refractivity contribution in [2.24, 2.45) is 0 Å². The standard InChI is InChI=1S/C20H29NO3/c1-15(22)17-10-9-13-19(14-17)24-16(2)20(23)21(3)18-11-7-5-4-6-8-12-18/h9-10,13-14,16,18H,4-8,11-12H2,1-3H3. The number of ketones is 1. The maximum atomic E-state index is 12.7. The van der Waals surface area contributed by atoms with Crippen LogP contribution in [0.25, 0.3) is 0 Å². The largest absolute Gasteiger partial charge is 0.481 e. The second-order valence-corrected chi connectivity index (χ2v) is 6.79. The Morgan fingerprint density at radius 2 is 1.75 bits per heavy atom. The molecule has 0 aliphatic heterocycles. The first kappa shape index (κ1) is 18.5. The van der Waals surface area contributed by atoms with Crippen LogP contribution in [0.5, 0.6) is 5.75 Å². The van der Waals surface area contributed by atoms with Crippen molar-refractivity contribution in [3.05, 3.63) is 29.8 Å². The molecule has 0 radical (unpaired) electrons. The summed E-state index contributed by atoms with van der Waals surface area (Å²) >= 11 is 0. The molecule has 1 amide bonds. The van der Waals surface area contributed by atoms with Crippen molar-refractivity contribution in [1.82, 2.24) is 4.90 Å². The number of Topliss-reactive ketones (excluding diaryl/α,β-unsaturated/α-hetero) is 1. The van der Waals surface area contributed by atoms with E-state index in [0.29, 0.717) is 17.4 Å². The van der Waals surface area contributed by atoms with E-state index < -0.39 is 6.10 Å². The number of rotatable bonds is 5. The molecule has 4 heteroatoms. The van der Waals surface area contributed by atoms with Gasteiger partial charge in [0.15, 0.2) is 11.9 Å². The zero-order valence-electron chi connectivity index (χ0n) is 15.1. The summed E-state index contributed by atoms with van der Waals surface area (Å²) in [6.07, 6.45) is 7.84. The third-order valence-electron chi connectivity index (χ3n) is 4.87. The van der Waals surface area contributed by atoms with Crippen LogP contribution in [0.1, 0.15) is 69.2 Å². The van der Waals surface area contributed by atoms with Gasteiger partial charge < -0.3 is 9.64 Å². The minimum absolute atomic E-state index is 0.00815. The van der Waals surface area contributed by atoms with Crippen LogP contribution in [0.2, 0.25) is 0 Å². The van der Waals surface area contributed by atoms with Crippen molar-refractivity contribution in [2.45, 2.75) is 70.9 Å².